The Balaban J connectivity index is 1.04. The second-order valence-electron chi connectivity index (χ2n) is 13.4. The number of fused-ring (bicyclic) bond motifs is 7. The van der Waals surface area contributed by atoms with E-state index in [2.05, 4.69) is 182 Å². The molecule has 0 radical (unpaired) electrons. The van der Waals surface area contributed by atoms with Crippen molar-refractivity contribution in [1.29, 1.82) is 0 Å². The fourth-order valence-corrected chi connectivity index (χ4v) is 7.70. The zero-order valence-corrected chi connectivity index (χ0v) is 28.4. The fraction of sp³-hybridized carbons (Fsp3) is 0. The van der Waals surface area contributed by atoms with Gasteiger partial charge in [-0.1, -0.05) is 158 Å². The molecule has 0 saturated carbocycles. The Morgan fingerprint density at radius 3 is 1.42 bits per heavy atom. The molecule has 52 heavy (non-hydrogen) atoms. The molecule has 0 saturated heterocycles. The Morgan fingerprint density at radius 1 is 0.269 bits per heavy atom. The van der Waals surface area contributed by atoms with Crippen LogP contribution in [0, 0.1) is 0 Å². The molecule has 0 unspecified atom stereocenters. The standard InChI is InChI=1S/C50H32N2/c1-2-12-33(13-3-1)40-25-27-48(51-32-40)50-41-19-5-4-14-38(41)31-49(52-50)39-18-11-17-36(29-39)34-15-10-16-35(28-34)37-24-26-46-44-22-7-6-20-42(44)43-21-8-9-23-45(43)47(46)30-37/h1-32H. The Hall–Kier alpha value is -6.90. The van der Waals surface area contributed by atoms with Gasteiger partial charge in [-0.25, -0.2) is 4.98 Å². The molecule has 242 valence electrons. The van der Waals surface area contributed by atoms with Gasteiger partial charge in [0.15, 0.2) is 0 Å². The molecular weight excluding hydrogens is 629 g/mol. The van der Waals surface area contributed by atoms with E-state index < -0.39 is 0 Å². The number of nitrogens with zero attached hydrogens (tertiary/aromatic N) is 2. The van der Waals surface area contributed by atoms with Crippen molar-refractivity contribution in [1.82, 2.24) is 9.97 Å². The number of pyridine rings is 2. The lowest BCUT2D eigenvalue weighted by Gasteiger charge is -2.13. The molecule has 0 aliphatic heterocycles. The molecule has 0 spiro atoms. The molecule has 2 aromatic heterocycles. The number of hydrogen-bond donors (Lipinski definition) is 0. The Bertz CT molecular complexity index is 2910. The van der Waals surface area contributed by atoms with E-state index in [1.807, 2.05) is 12.3 Å². The van der Waals surface area contributed by atoms with Gasteiger partial charge in [-0.15, -0.1) is 0 Å². The second-order valence-corrected chi connectivity index (χ2v) is 13.4. The fourth-order valence-electron chi connectivity index (χ4n) is 7.70. The van der Waals surface area contributed by atoms with E-state index in [-0.39, 0.29) is 0 Å². The molecule has 0 atom stereocenters. The third-order valence-electron chi connectivity index (χ3n) is 10.3. The molecule has 8 aromatic carbocycles. The van der Waals surface area contributed by atoms with Gasteiger partial charge in [-0.3, -0.25) is 4.98 Å². The van der Waals surface area contributed by atoms with Gasteiger partial charge in [0.2, 0.25) is 0 Å². The Morgan fingerprint density at radius 2 is 0.769 bits per heavy atom. The van der Waals surface area contributed by atoms with Crippen LogP contribution in [0.25, 0.3) is 99.1 Å². The minimum Gasteiger partial charge on any atom is -0.254 e. The summed E-state index contributed by atoms with van der Waals surface area (Å²) in [6.45, 7) is 0. The van der Waals surface area contributed by atoms with Crippen LogP contribution in [0.2, 0.25) is 0 Å². The van der Waals surface area contributed by atoms with Gasteiger partial charge >= 0.3 is 0 Å². The summed E-state index contributed by atoms with van der Waals surface area (Å²) in [6.07, 6.45) is 1.95. The molecule has 0 bridgehead atoms. The van der Waals surface area contributed by atoms with Crippen molar-refractivity contribution in [3.63, 3.8) is 0 Å². The molecule has 2 heteroatoms. The van der Waals surface area contributed by atoms with Crippen molar-refractivity contribution >= 4 is 43.1 Å². The van der Waals surface area contributed by atoms with E-state index >= 15 is 0 Å². The van der Waals surface area contributed by atoms with Crippen molar-refractivity contribution in [2.24, 2.45) is 0 Å². The largest absolute Gasteiger partial charge is 0.254 e. The van der Waals surface area contributed by atoms with E-state index in [4.69, 9.17) is 9.97 Å². The third kappa shape index (κ3) is 5.21. The zero-order valence-electron chi connectivity index (χ0n) is 28.4. The first kappa shape index (κ1) is 30.0. The van der Waals surface area contributed by atoms with E-state index in [0.29, 0.717) is 0 Å². The van der Waals surface area contributed by atoms with Crippen molar-refractivity contribution in [3.05, 3.63) is 194 Å². The summed E-state index contributed by atoms with van der Waals surface area (Å²) in [4.78, 5) is 10.2. The molecule has 0 aliphatic carbocycles. The van der Waals surface area contributed by atoms with Crippen LogP contribution in [-0.2, 0) is 0 Å². The van der Waals surface area contributed by atoms with Crippen molar-refractivity contribution in [2.75, 3.05) is 0 Å². The highest BCUT2D eigenvalue weighted by atomic mass is 14.8. The summed E-state index contributed by atoms with van der Waals surface area (Å²) in [5.41, 5.74) is 10.7. The summed E-state index contributed by atoms with van der Waals surface area (Å²) in [7, 11) is 0. The van der Waals surface area contributed by atoms with Crippen LogP contribution in [-0.4, -0.2) is 9.97 Å². The molecule has 2 nitrogen and oxygen atoms in total. The van der Waals surface area contributed by atoms with Crippen LogP contribution >= 0.6 is 0 Å². The number of hydrogen-bond acceptors (Lipinski definition) is 2. The third-order valence-corrected chi connectivity index (χ3v) is 10.3. The molecule has 10 rings (SSSR count). The molecule has 0 N–H and O–H groups in total. The average Bonchev–Trinajstić information content (AvgIpc) is 3.23. The summed E-state index contributed by atoms with van der Waals surface area (Å²) in [5.74, 6) is 0. The van der Waals surface area contributed by atoms with Gasteiger partial charge in [0.1, 0.15) is 0 Å². The highest BCUT2D eigenvalue weighted by Crippen LogP contribution is 2.38. The van der Waals surface area contributed by atoms with Crippen LogP contribution in [0.3, 0.4) is 0 Å². The predicted molar refractivity (Wildman–Crippen MR) is 219 cm³/mol. The van der Waals surface area contributed by atoms with Gasteiger partial charge < -0.3 is 0 Å². The maximum absolute atomic E-state index is 5.26. The first-order valence-electron chi connectivity index (χ1n) is 17.7. The SMILES string of the molecule is c1ccc(-c2ccc(-c3nc(-c4cccc(-c5cccc(-c6ccc7c8ccccc8c8ccccc8c7c6)c5)c4)cc4ccccc34)nc2)cc1. The number of rotatable bonds is 5. The minimum atomic E-state index is 0.859. The minimum absolute atomic E-state index is 0.859. The topological polar surface area (TPSA) is 25.8 Å². The van der Waals surface area contributed by atoms with Crippen molar-refractivity contribution in [2.45, 2.75) is 0 Å². The first-order valence-corrected chi connectivity index (χ1v) is 17.7. The highest BCUT2D eigenvalue weighted by Gasteiger charge is 2.14. The monoisotopic (exact) mass is 660 g/mol. The summed E-state index contributed by atoms with van der Waals surface area (Å²) >= 11 is 0. The van der Waals surface area contributed by atoms with E-state index in [1.165, 1.54) is 49.0 Å². The predicted octanol–water partition coefficient (Wildman–Crippen LogP) is 13.4. The second kappa shape index (κ2) is 12.5. The van der Waals surface area contributed by atoms with Crippen LogP contribution < -0.4 is 0 Å². The molecule has 0 amide bonds. The number of benzene rings is 8. The normalized spacial score (nSPS) is 11.5. The highest BCUT2D eigenvalue weighted by molar-refractivity contribution is 6.25. The van der Waals surface area contributed by atoms with Gasteiger partial charge in [-0.2, -0.15) is 0 Å². The summed E-state index contributed by atoms with van der Waals surface area (Å²) < 4.78 is 0. The molecular formula is C50H32N2. The van der Waals surface area contributed by atoms with Gasteiger partial charge in [-0.05, 0) is 95.9 Å². The van der Waals surface area contributed by atoms with Crippen LogP contribution in [0.5, 0.6) is 0 Å². The average molecular weight is 661 g/mol. The Labute approximate surface area is 302 Å². The summed E-state index contributed by atoms with van der Waals surface area (Å²) in [5, 5.41) is 9.95. The molecule has 10 aromatic rings. The maximum Gasteiger partial charge on any atom is 0.0971 e. The lowest BCUT2D eigenvalue weighted by Crippen LogP contribution is -1.94. The number of aromatic nitrogens is 2. The van der Waals surface area contributed by atoms with Gasteiger partial charge in [0, 0.05) is 22.7 Å². The van der Waals surface area contributed by atoms with Crippen molar-refractivity contribution in [3.8, 4) is 56.0 Å². The van der Waals surface area contributed by atoms with Crippen LogP contribution in [0.4, 0.5) is 0 Å². The zero-order chi connectivity index (χ0) is 34.4. The van der Waals surface area contributed by atoms with Crippen LogP contribution in [0.15, 0.2) is 194 Å². The molecule has 2 heterocycles. The molecule has 0 fully saturated rings. The van der Waals surface area contributed by atoms with Crippen LogP contribution in [0.1, 0.15) is 0 Å². The smallest absolute Gasteiger partial charge is 0.0971 e. The van der Waals surface area contributed by atoms with Gasteiger partial charge in [0.25, 0.3) is 0 Å². The maximum atomic E-state index is 5.26. The lowest BCUT2D eigenvalue weighted by molar-refractivity contribution is 1.27. The Kier molecular flexibility index (Phi) is 7.18. The van der Waals surface area contributed by atoms with E-state index in [1.54, 1.807) is 0 Å². The van der Waals surface area contributed by atoms with E-state index in [0.717, 1.165) is 50.1 Å². The summed E-state index contributed by atoms with van der Waals surface area (Å²) in [6, 6.07) is 67.2. The first-order chi connectivity index (χ1) is 25.8. The van der Waals surface area contributed by atoms with Gasteiger partial charge in [0.05, 0.1) is 17.1 Å². The molecule has 0 aliphatic rings. The van der Waals surface area contributed by atoms with E-state index in [9.17, 15) is 0 Å². The quantitative estimate of drug-likeness (QED) is 0.172. The lowest BCUT2D eigenvalue weighted by atomic mass is 9.91. The van der Waals surface area contributed by atoms with Crippen molar-refractivity contribution < 1.29 is 0 Å².